The number of aliphatic hydroxyl groups excluding tert-OH is 1. The number of esters is 1. The number of carbonyl (C=O) groups is 1. The molecule has 1 N–H and O–H groups in total. The lowest BCUT2D eigenvalue weighted by Crippen LogP contribution is -2.43. The zero-order chi connectivity index (χ0) is 18.2. The second kappa shape index (κ2) is 9.73. The van der Waals surface area contributed by atoms with Gasteiger partial charge < -0.3 is 14.3 Å². The van der Waals surface area contributed by atoms with E-state index in [1.165, 1.54) is 0 Å². The van der Waals surface area contributed by atoms with Crippen LogP contribution in [0.2, 0.25) is 18.1 Å². The van der Waals surface area contributed by atoms with Crippen molar-refractivity contribution in [2.24, 2.45) is 0 Å². The van der Waals surface area contributed by atoms with Crippen molar-refractivity contribution in [1.29, 1.82) is 0 Å². The van der Waals surface area contributed by atoms with E-state index in [4.69, 9.17) is 9.16 Å². The zero-order valence-corrected chi connectivity index (χ0v) is 17.1. The van der Waals surface area contributed by atoms with Crippen LogP contribution < -0.4 is 0 Å². The molecule has 1 rings (SSSR count). The lowest BCUT2D eigenvalue weighted by atomic mass is 10.1. The van der Waals surface area contributed by atoms with Gasteiger partial charge in [-0.1, -0.05) is 52.2 Å². The van der Waals surface area contributed by atoms with E-state index in [2.05, 4.69) is 33.9 Å². The van der Waals surface area contributed by atoms with Gasteiger partial charge in [-0.05, 0) is 37.4 Å². The average molecular weight is 357 g/mol. The van der Waals surface area contributed by atoms with Crippen LogP contribution in [0.15, 0.2) is 12.2 Å². The van der Waals surface area contributed by atoms with Crippen molar-refractivity contribution in [2.75, 3.05) is 6.61 Å². The molecule has 0 radical (unpaired) electrons. The Morgan fingerprint density at radius 2 is 1.88 bits per heavy atom. The molecular weight excluding hydrogens is 320 g/mol. The van der Waals surface area contributed by atoms with Gasteiger partial charge in [0.2, 0.25) is 0 Å². The maximum absolute atomic E-state index is 11.6. The van der Waals surface area contributed by atoms with E-state index < -0.39 is 14.4 Å². The molecule has 0 spiro atoms. The molecule has 0 aromatic heterocycles. The van der Waals surface area contributed by atoms with Crippen molar-refractivity contribution in [2.45, 2.75) is 96.1 Å². The van der Waals surface area contributed by atoms with E-state index in [1.54, 1.807) is 6.08 Å². The molecule has 0 saturated carbocycles. The van der Waals surface area contributed by atoms with Crippen LogP contribution in [0.1, 0.15) is 65.7 Å². The fourth-order valence-corrected chi connectivity index (χ4v) is 3.92. The summed E-state index contributed by atoms with van der Waals surface area (Å²) in [5.74, 6) is -0.321. The molecule has 5 heteroatoms. The summed E-state index contributed by atoms with van der Waals surface area (Å²) in [5, 5.41) is 10.1. The molecule has 1 aliphatic rings. The SMILES string of the molecule is CC(C)(C)[Si](C)(C)OC1C/C=C/[C@@H](O)CC(=O)OCCCCCC1. The highest BCUT2D eigenvalue weighted by atomic mass is 28.4. The maximum atomic E-state index is 11.6. The number of cyclic esters (lactones) is 1. The predicted molar refractivity (Wildman–Crippen MR) is 100 cm³/mol. The van der Waals surface area contributed by atoms with Gasteiger partial charge in [0.1, 0.15) is 0 Å². The molecule has 0 fully saturated rings. The average Bonchev–Trinajstić information content (AvgIpc) is 2.43. The van der Waals surface area contributed by atoms with E-state index in [1.807, 2.05) is 6.08 Å². The largest absolute Gasteiger partial charge is 0.466 e. The Bertz CT molecular complexity index is 412. The highest BCUT2D eigenvalue weighted by molar-refractivity contribution is 6.74. The predicted octanol–water partition coefficient (Wildman–Crippen LogP) is 4.58. The van der Waals surface area contributed by atoms with Crippen LogP contribution in [0, 0.1) is 0 Å². The van der Waals surface area contributed by atoms with Gasteiger partial charge in [-0.3, -0.25) is 4.79 Å². The first-order valence-corrected chi connectivity index (χ1v) is 12.2. The summed E-state index contributed by atoms with van der Waals surface area (Å²) >= 11 is 0. The molecule has 0 aliphatic carbocycles. The quantitative estimate of drug-likeness (QED) is 0.447. The number of aliphatic hydroxyl groups is 1. The molecule has 0 aromatic carbocycles. The fraction of sp³-hybridized carbons (Fsp3) is 0.842. The van der Waals surface area contributed by atoms with Crippen LogP contribution in [-0.4, -0.2) is 38.2 Å². The van der Waals surface area contributed by atoms with Crippen LogP contribution in [-0.2, 0) is 14.0 Å². The Morgan fingerprint density at radius 1 is 1.21 bits per heavy atom. The number of ether oxygens (including phenoxy) is 1. The first-order chi connectivity index (χ1) is 11.1. The van der Waals surface area contributed by atoms with Gasteiger partial charge in [0.15, 0.2) is 8.32 Å². The molecule has 0 amide bonds. The Kier molecular flexibility index (Phi) is 8.67. The van der Waals surface area contributed by atoms with Crippen molar-refractivity contribution in [1.82, 2.24) is 0 Å². The molecule has 0 saturated heterocycles. The van der Waals surface area contributed by atoms with Crippen LogP contribution in [0.25, 0.3) is 0 Å². The lowest BCUT2D eigenvalue weighted by Gasteiger charge is -2.39. The highest BCUT2D eigenvalue weighted by Gasteiger charge is 2.38. The summed E-state index contributed by atoms with van der Waals surface area (Å²) < 4.78 is 11.7. The molecule has 0 bridgehead atoms. The van der Waals surface area contributed by atoms with Gasteiger partial charge in [0, 0.05) is 6.10 Å². The summed E-state index contributed by atoms with van der Waals surface area (Å²) in [6.07, 6.45) is 9.19. The Balaban J connectivity index is 2.71. The molecule has 140 valence electrons. The summed E-state index contributed by atoms with van der Waals surface area (Å²) in [4.78, 5) is 11.6. The Hall–Kier alpha value is -0.653. The second-order valence-corrected chi connectivity index (χ2v) is 13.1. The third kappa shape index (κ3) is 7.95. The van der Waals surface area contributed by atoms with E-state index in [0.717, 1.165) is 38.5 Å². The van der Waals surface area contributed by atoms with E-state index in [9.17, 15) is 9.90 Å². The lowest BCUT2D eigenvalue weighted by molar-refractivity contribution is -0.145. The van der Waals surface area contributed by atoms with Gasteiger partial charge in [-0.15, -0.1) is 0 Å². The number of carbonyl (C=O) groups excluding carboxylic acids is 1. The molecule has 4 nitrogen and oxygen atoms in total. The summed E-state index contributed by atoms with van der Waals surface area (Å²) in [5.41, 5.74) is 0. The molecule has 2 atom stereocenters. The second-order valence-electron chi connectivity index (χ2n) is 8.36. The third-order valence-corrected chi connectivity index (χ3v) is 9.62. The minimum atomic E-state index is -1.80. The molecule has 1 heterocycles. The summed E-state index contributed by atoms with van der Waals surface area (Å²) in [6.45, 7) is 11.8. The minimum absolute atomic E-state index is 0.0320. The van der Waals surface area contributed by atoms with Crippen molar-refractivity contribution in [3.63, 3.8) is 0 Å². The van der Waals surface area contributed by atoms with E-state index >= 15 is 0 Å². The minimum Gasteiger partial charge on any atom is -0.466 e. The third-order valence-electron chi connectivity index (χ3n) is 5.08. The number of hydrogen-bond donors (Lipinski definition) is 1. The Labute approximate surface area is 148 Å². The van der Waals surface area contributed by atoms with Gasteiger partial charge in [0.05, 0.1) is 19.1 Å². The van der Waals surface area contributed by atoms with Crippen molar-refractivity contribution in [3.8, 4) is 0 Å². The zero-order valence-electron chi connectivity index (χ0n) is 16.1. The van der Waals surface area contributed by atoms with Gasteiger partial charge in [-0.25, -0.2) is 0 Å². The summed E-state index contributed by atoms with van der Waals surface area (Å²) in [6, 6.07) is 0. The first-order valence-electron chi connectivity index (χ1n) is 9.30. The van der Waals surface area contributed by atoms with Crippen molar-refractivity contribution >= 4 is 14.3 Å². The maximum Gasteiger partial charge on any atom is 0.308 e. The van der Waals surface area contributed by atoms with Crippen LogP contribution >= 0.6 is 0 Å². The van der Waals surface area contributed by atoms with Gasteiger partial charge >= 0.3 is 5.97 Å². The molecule has 0 aromatic rings. The van der Waals surface area contributed by atoms with Crippen molar-refractivity contribution < 1.29 is 19.1 Å². The standard InChI is InChI=1S/C19H36O4Si/c1-19(2,3)24(4,5)23-17-12-8-6-7-9-14-22-18(21)15-16(20)11-10-13-17/h10-11,16-17,20H,6-9,12-15H2,1-5H3/b11-10+/t16-,17?/m1/s1. The highest BCUT2D eigenvalue weighted by Crippen LogP contribution is 2.38. The van der Waals surface area contributed by atoms with Gasteiger partial charge in [-0.2, -0.15) is 0 Å². The van der Waals surface area contributed by atoms with Crippen LogP contribution in [0.5, 0.6) is 0 Å². The van der Waals surface area contributed by atoms with Crippen LogP contribution in [0.3, 0.4) is 0 Å². The molecule has 1 unspecified atom stereocenters. The topological polar surface area (TPSA) is 55.8 Å². The van der Waals surface area contributed by atoms with E-state index in [-0.39, 0.29) is 23.5 Å². The first kappa shape index (κ1) is 21.4. The van der Waals surface area contributed by atoms with Crippen LogP contribution in [0.4, 0.5) is 0 Å². The van der Waals surface area contributed by atoms with Crippen molar-refractivity contribution in [3.05, 3.63) is 12.2 Å². The number of hydrogen-bond acceptors (Lipinski definition) is 4. The van der Waals surface area contributed by atoms with E-state index in [0.29, 0.717) is 6.61 Å². The normalized spacial score (nSPS) is 27.2. The molecule has 1 aliphatic heterocycles. The smallest absolute Gasteiger partial charge is 0.308 e. The van der Waals surface area contributed by atoms with Gasteiger partial charge in [0.25, 0.3) is 0 Å². The fourth-order valence-electron chi connectivity index (χ4n) is 2.52. The number of rotatable bonds is 2. The summed E-state index contributed by atoms with van der Waals surface area (Å²) in [7, 11) is -1.80. The Morgan fingerprint density at radius 3 is 2.54 bits per heavy atom. The molecule has 24 heavy (non-hydrogen) atoms. The monoisotopic (exact) mass is 356 g/mol. The molecular formula is C19H36O4Si.